The van der Waals surface area contributed by atoms with Crippen LogP contribution in [0.15, 0.2) is 92.1 Å². The summed E-state index contributed by atoms with van der Waals surface area (Å²) < 4.78 is 7.48. The van der Waals surface area contributed by atoms with Gasteiger partial charge >= 0.3 is 0 Å². The predicted octanol–water partition coefficient (Wildman–Crippen LogP) is 6.53. The van der Waals surface area contributed by atoms with Gasteiger partial charge in [0.1, 0.15) is 5.76 Å². The van der Waals surface area contributed by atoms with Gasteiger partial charge < -0.3 is 14.9 Å². The number of ether oxygens (including phenoxy) is 1. The van der Waals surface area contributed by atoms with E-state index in [0.29, 0.717) is 24.7 Å². The van der Waals surface area contributed by atoms with Crippen molar-refractivity contribution in [2.24, 2.45) is 11.8 Å². The standard InChI is InChI=1S/C26H29IO3/c1-17(27)4-2-5-20-14-21-15-22(28)10-7-18(21)6-3-13-30-25-12-9-19-8-11-23(29)16-24(19)26(20)25/h2,4-7,10,12,14,16,19-20,22,28-29H,3,8-9,11,13,15H2,1H3/b5-2+,17-4+,18-6-,21-14+. The normalized spacial score (nSPS) is 33.2. The highest BCUT2D eigenvalue weighted by molar-refractivity contribution is 14.1. The Hall–Kier alpha value is -1.79. The first-order chi connectivity index (χ1) is 14.5. The number of hydrogen-bond donors (Lipinski definition) is 2. The van der Waals surface area contributed by atoms with Crippen molar-refractivity contribution in [3.63, 3.8) is 0 Å². The van der Waals surface area contributed by atoms with Crippen molar-refractivity contribution in [2.75, 3.05) is 6.61 Å². The van der Waals surface area contributed by atoms with Crippen molar-refractivity contribution in [1.82, 2.24) is 0 Å². The molecule has 4 aliphatic rings. The maximum atomic E-state index is 10.3. The third kappa shape index (κ3) is 4.92. The lowest BCUT2D eigenvalue weighted by Gasteiger charge is -2.33. The number of rotatable bonds is 2. The van der Waals surface area contributed by atoms with Crippen LogP contribution in [0.4, 0.5) is 0 Å². The number of aliphatic hydroxyl groups excluding tert-OH is 2. The topological polar surface area (TPSA) is 49.7 Å². The van der Waals surface area contributed by atoms with Crippen molar-refractivity contribution >= 4 is 22.6 Å². The number of hydrogen-bond acceptors (Lipinski definition) is 3. The summed E-state index contributed by atoms with van der Waals surface area (Å²) in [5.41, 5.74) is 4.72. The lowest BCUT2D eigenvalue weighted by atomic mass is 9.75. The maximum absolute atomic E-state index is 10.3. The van der Waals surface area contributed by atoms with Crippen LogP contribution in [0.2, 0.25) is 0 Å². The second-order valence-corrected chi connectivity index (χ2v) is 10.0. The molecule has 0 bridgehead atoms. The van der Waals surface area contributed by atoms with Gasteiger partial charge in [0, 0.05) is 30.8 Å². The van der Waals surface area contributed by atoms with Gasteiger partial charge in [-0.2, -0.15) is 0 Å². The van der Waals surface area contributed by atoms with Gasteiger partial charge in [-0.3, -0.25) is 0 Å². The van der Waals surface area contributed by atoms with E-state index < -0.39 is 6.10 Å². The molecule has 0 radical (unpaired) electrons. The van der Waals surface area contributed by atoms with Crippen LogP contribution < -0.4 is 0 Å². The summed E-state index contributed by atoms with van der Waals surface area (Å²) in [5, 5.41) is 20.5. The molecule has 0 aromatic heterocycles. The first-order valence-electron chi connectivity index (χ1n) is 10.8. The van der Waals surface area contributed by atoms with Gasteiger partial charge in [-0.1, -0.05) is 42.5 Å². The fraction of sp³-hybridized carbons (Fsp3) is 0.385. The summed E-state index contributed by atoms with van der Waals surface area (Å²) in [6.45, 7) is 2.70. The molecule has 30 heavy (non-hydrogen) atoms. The Morgan fingerprint density at radius 3 is 3.00 bits per heavy atom. The Morgan fingerprint density at radius 2 is 2.17 bits per heavy atom. The maximum Gasteiger partial charge on any atom is 0.119 e. The Morgan fingerprint density at radius 1 is 1.30 bits per heavy atom. The summed E-state index contributed by atoms with van der Waals surface area (Å²) in [7, 11) is 0. The molecule has 4 heteroatoms. The summed E-state index contributed by atoms with van der Waals surface area (Å²) >= 11 is 2.32. The van der Waals surface area contributed by atoms with Crippen LogP contribution in [-0.2, 0) is 4.74 Å². The second kappa shape index (κ2) is 9.56. The molecule has 4 rings (SSSR count). The smallest absolute Gasteiger partial charge is 0.119 e. The molecule has 3 nitrogen and oxygen atoms in total. The minimum Gasteiger partial charge on any atom is -0.512 e. The molecule has 0 fully saturated rings. The molecule has 2 N–H and O–H groups in total. The minimum atomic E-state index is -0.445. The fourth-order valence-corrected chi connectivity index (χ4v) is 4.83. The van der Waals surface area contributed by atoms with E-state index in [9.17, 15) is 10.2 Å². The monoisotopic (exact) mass is 516 g/mol. The van der Waals surface area contributed by atoms with E-state index in [0.717, 1.165) is 37.0 Å². The lowest BCUT2D eigenvalue weighted by Crippen LogP contribution is -2.21. The van der Waals surface area contributed by atoms with Crippen molar-refractivity contribution in [3.8, 4) is 0 Å². The van der Waals surface area contributed by atoms with E-state index in [1.165, 1.54) is 20.3 Å². The van der Waals surface area contributed by atoms with Crippen LogP contribution in [0, 0.1) is 11.8 Å². The van der Waals surface area contributed by atoms with E-state index in [2.05, 4.69) is 66.0 Å². The van der Waals surface area contributed by atoms with E-state index in [4.69, 9.17) is 4.74 Å². The molecule has 0 saturated heterocycles. The molecule has 3 atom stereocenters. The molecule has 0 aromatic carbocycles. The molecular formula is C26H29IO3. The molecule has 0 spiro atoms. The van der Waals surface area contributed by atoms with Crippen molar-refractivity contribution in [1.29, 1.82) is 0 Å². The van der Waals surface area contributed by atoms with Gasteiger partial charge in [-0.15, -0.1) is 0 Å². The first-order valence-corrected chi connectivity index (χ1v) is 11.8. The average Bonchev–Trinajstić information content (AvgIpc) is 2.71. The highest BCUT2D eigenvalue weighted by Crippen LogP contribution is 2.43. The summed E-state index contributed by atoms with van der Waals surface area (Å²) in [6, 6.07) is 0. The number of aliphatic hydroxyl groups is 2. The van der Waals surface area contributed by atoms with Crippen molar-refractivity contribution in [3.05, 3.63) is 92.1 Å². The lowest BCUT2D eigenvalue weighted by molar-refractivity contribution is 0.215. The van der Waals surface area contributed by atoms with Gasteiger partial charge in [0.15, 0.2) is 0 Å². The Labute approximate surface area is 192 Å². The number of fused-ring (bicyclic) bond motifs is 3. The van der Waals surface area contributed by atoms with E-state index >= 15 is 0 Å². The van der Waals surface area contributed by atoms with Crippen molar-refractivity contribution in [2.45, 2.75) is 45.1 Å². The molecular weight excluding hydrogens is 487 g/mol. The molecule has 1 aliphatic heterocycles. The highest BCUT2D eigenvalue weighted by Gasteiger charge is 2.31. The number of allylic oxidation sites excluding steroid dienone is 12. The molecule has 3 unspecified atom stereocenters. The van der Waals surface area contributed by atoms with Gasteiger partial charge in [0.2, 0.25) is 0 Å². The predicted molar refractivity (Wildman–Crippen MR) is 130 cm³/mol. The Kier molecular flexibility index (Phi) is 6.84. The fourth-order valence-electron chi connectivity index (χ4n) is 4.62. The molecule has 0 aromatic rings. The SMILES string of the molecule is C/C(I)=C\C=C\C1/C=C2\CC(O)C=C\C2=C\CCOC2=CCC3CCC(O)=CC3=C21. The molecule has 3 aliphatic carbocycles. The summed E-state index contributed by atoms with van der Waals surface area (Å²) in [4.78, 5) is 0. The quantitative estimate of drug-likeness (QED) is 0.324. The van der Waals surface area contributed by atoms with Crippen LogP contribution in [0.25, 0.3) is 0 Å². The van der Waals surface area contributed by atoms with Crippen molar-refractivity contribution < 1.29 is 14.9 Å². The zero-order valence-electron chi connectivity index (χ0n) is 17.4. The van der Waals surface area contributed by atoms with Gasteiger partial charge in [0.05, 0.1) is 18.5 Å². The van der Waals surface area contributed by atoms with Crippen LogP contribution in [0.1, 0.15) is 39.0 Å². The van der Waals surface area contributed by atoms with E-state index in [1.54, 1.807) is 0 Å². The van der Waals surface area contributed by atoms with Crippen LogP contribution in [-0.4, -0.2) is 22.9 Å². The third-order valence-electron chi connectivity index (χ3n) is 6.07. The van der Waals surface area contributed by atoms with Gasteiger partial charge in [0.25, 0.3) is 0 Å². The van der Waals surface area contributed by atoms with Gasteiger partial charge in [-0.25, -0.2) is 0 Å². The van der Waals surface area contributed by atoms with E-state index in [-0.39, 0.29) is 5.92 Å². The molecule has 1 heterocycles. The zero-order chi connectivity index (χ0) is 21.1. The Bertz CT molecular complexity index is 935. The first kappa shape index (κ1) is 21.4. The van der Waals surface area contributed by atoms with Crippen LogP contribution in [0.5, 0.6) is 0 Å². The molecule has 0 amide bonds. The van der Waals surface area contributed by atoms with Gasteiger partial charge in [-0.05, 0) is 80.7 Å². The summed E-state index contributed by atoms with van der Waals surface area (Å²) in [6.07, 6.45) is 22.7. The molecule has 0 saturated carbocycles. The third-order valence-corrected chi connectivity index (χ3v) is 6.43. The average molecular weight is 516 g/mol. The zero-order valence-corrected chi connectivity index (χ0v) is 19.5. The Balaban J connectivity index is 1.88. The van der Waals surface area contributed by atoms with E-state index in [1.807, 2.05) is 18.2 Å². The molecule has 158 valence electrons. The largest absolute Gasteiger partial charge is 0.512 e. The minimum absolute atomic E-state index is 0.0124. The second-order valence-electron chi connectivity index (χ2n) is 8.33. The number of halogens is 1. The summed E-state index contributed by atoms with van der Waals surface area (Å²) in [5.74, 6) is 1.84. The van der Waals surface area contributed by atoms with Crippen LogP contribution >= 0.6 is 22.6 Å². The van der Waals surface area contributed by atoms with Crippen LogP contribution in [0.3, 0.4) is 0 Å². The highest BCUT2D eigenvalue weighted by atomic mass is 127.